The van der Waals surface area contributed by atoms with Crippen LogP contribution in [0.3, 0.4) is 0 Å². The molecule has 88 valence electrons. The Bertz CT molecular complexity index is 245. The molecule has 2 unspecified atom stereocenters. The van der Waals surface area contributed by atoms with Gasteiger partial charge in [-0.05, 0) is 24.1 Å². The van der Waals surface area contributed by atoms with Crippen LogP contribution in [-0.2, 0) is 4.79 Å². The SMILES string of the molecule is NC(=O)C(O)C(CC1CC(F)(F)C1)NCl. The Morgan fingerprint density at radius 2 is 2.20 bits per heavy atom. The number of hydrogen-bond donors (Lipinski definition) is 3. The van der Waals surface area contributed by atoms with E-state index in [1.165, 1.54) is 0 Å². The minimum absolute atomic E-state index is 0.212. The van der Waals surface area contributed by atoms with Crippen molar-refractivity contribution in [3.63, 3.8) is 0 Å². The molecule has 0 saturated heterocycles. The molecule has 0 aromatic heterocycles. The number of carbonyl (C=O) groups excluding carboxylic acids is 1. The van der Waals surface area contributed by atoms with Crippen LogP contribution in [0.5, 0.6) is 0 Å². The average molecular weight is 243 g/mol. The molecule has 1 rings (SSSR count). The molecule has 0 aliphatic heterocycles. The molecule has 7 heteroatoms. The topological polar surface area (TPSA) is 75.4 Å². The zero-order valence-electron chi connectivity index (χ0n) is 7.92. The molecule has 1 amide bonds. The second-order valence-electron chi connectivity index (χ2n) is 3.93. The molecule has 1 aliphatic rings. The van der Waals surface area contributed by atoms with E-state index in [0.29, 0.717) is 0 Å². The van der Waals surface area contributed by atoms with E-state index in [0.717, 1.165) is 0 Å². The number of aliphatic hydroxyl groups is 1. The minimum Gasteiger partial charge on any atom is -0.382 e. The maximum atomic E-state index is 12.5. The summed E-state index contributed by atoms with van der Waals surface area (Å²) in [5.74, 6) is -3.76. The van der Waals surface area contributed by atoms with Gasteiger partial charge in [0.05, 0.1) is 6.04 Å². The number of rotatable bonds is 5. The standard InChI is InChI=1S/C8H13ClF2N2O2/c9-13-5(6(14)7(12)15)1-4-2-8(10,11)3-4/h4-6,13-14H,1-3H2,(H2,12,15). The lowest BCUT2D eigenvalue weighted by Crippen LogP contribution is -2.47. The van der Waals surface area contributed by atoms with Crippen molar-refractivity contribution in [1.29, 1.82) is 0 Å². The summed E-state index contributed by atoms with van der Waals surface area (Å²) in [7, 11) is 0. The molecule has 15 heavy (non-hydrogen) atoms. The number of aliphatic hydroxyl groups excluding tert-OH is 1. The molecule has 1 fully saturated rings. The second kappa shape index (κ2) is 4.59. The first-order chi connectivity index (χ1) is 6.85. The maximum absolute atomic E-state index is 12.5. The second-order valence-corrected chi connectivity index (χ2v) is 4.15. The first kappa shape index (κ1) is 12.6. The minimum atomic E-state index is -2.61. The van der Waals surface area contributed by atoms with Gasteiger partial charge in [-0.15, -0.1) is 0 Å². The quantitative estimate of drug-likeness (QED) is 0.610. The third kappa shape index (κ3) is 3.25. The van der Waals surface area contributed by atoms with E-state index in [1.54, 1.807) is 0 Å². The summed E-state index contributed by atoms with van der Waals surface area (Å²) in [6.45, 7) is 0. The van der Waals surface area contributed by atoms with Crippen LogP contribution in [0.25, 0.3) is 0 Å². The number of alkyl halides is 2. The van der Waals surface area contributed by atoms with Gasteiger partial charge in [0.25, 0.3) is 0 Å². The van der Waals surface area contributed by atoms with E-state index in [-0.39, 0.29) is 25.2 Å². The van der Waals surface area contributed by atoms with E-state index in [2.05, 4.69) is 4.84 Å². The fourth-order valence-electron chi connectivity index (χ4n) is 1.74. The van der Waals surface area contributed by atoms with Crippen molar-refractivity contribution < 1.29 is 18.7 Å². The van der Waals surface area contributed by atoms with Crippen molar-refractivity contribution in [3.05, 3.63) is 0 Å². The Kier molecular flexibility index (Phi) is 3.86. The average Bonchev–Trinajstić information content (AvgIpc) is 2.09. The van der Waals surface area contributed by atoms with Gasteiger partial charge in [-0.1, -0.05) is 0 Å². The number of hydrogen-bond acceptors (Lipinski definition) is 3. The first-order valence-corrected chi connectivity index (χ1v) is 4.95. The highest BCUT2D eigenvalue weighted by Gasteiger charge is 2.46. The number of carbonyl (C=O) groups is 1. The van der Waals surface area contributed by atoms with Gasteiger partial charge in [-0.2, -0.15) is 0 Å². The lowest BCUT2D eigenvalue weighted by atomic mass is 9.77. The molecule has 0 spiro atoms. The molecule has 0 radical (unpaired) electrons. The van der Waals surface area contributed by atoms with Crippen LogP contribution in [0, 0.1) is 5.92 Å². The fraction of sp³-hybridized carbons (Fsp3) is 0.875. The van der Waals surface area contributed by atoms with Crippen LogP contribution in [0.15, 0.2) is 0 Å². The summed E-state index contributed by atoms with van der Waals surface area (Å²) in [6.07, 6.45) is -1.69. The largest absolute Gasteiger partial charge is 0.382 e. The van der Waals surface area contributed by atoms with Crippen LogP contribution in [0.2, 0.25) is 0 Å². The smallest absolute Gasteiger partial charge is 0.248 e. The van der Waals surface area contributed by atoms with Crippen LogP contribution in [0.1, 0.15) is 19.3 Å². The lowest BCUT2D eigenvalue weighted by molar-refractivity contribution is -0.130. The fourth-order valence-corrected chi connectivity index (χ4v) is 1.95. The number of nitrogens with two attached hydrogens (primary N) is 1. The lowest BCUT2D eigenvalue weighted by Gasteiger charge is -2.37. The van der Waals surface area contributed by atoms with Crippen molar-refractivity contribution in [2.24, 2.45) is 11.7 Å². The van der Waals surface area contributed by atoms with Crippen LogP contribution >= 0.6 is 11.8 Å². The molecule has 1 saturated carbocycles. The van der Waals surface area contributed by atoms with Gasteiger partial charge in [-0.25, -0.2) is 13.6 Å². The van der Waals surface area contributed by atoms with E-state index in [9.17, 15) is 18.7 Å². The monoisotopic (exact) mass is 242 g/mol. The molecular formula is C8H13ClF2N2O2. The summed E-state index contributed by atoms with van der Waals surface area (Å²) in [5, 5.41) is 9.28. The molecule has 4 N–H and O–H groups in total. The van der Waals surface area contributed by atoms with Crippen LogP contribution in [-0.4, -0.2) is 29.1 Å². The van der Waals surface area contributed by atoms with Crippen LogP contribution < -0.4 is 10.6 Å². The molecule has 1 aliphatic carbocycles. The van der Waals surface area contributed by atoms with E-state index < -0.39 is 24.0 Å². The Morgan fingerprint density at radius 1 is 1.67 bits per heavy atom. The molecule has 0 aromatic carbocycles. The highest BCUT2D eigenvalue weighted by Crippen LogP contribution is 2.44. The van der Waals surface area contributed by atoms with E-state index in [1.807, 2.05) is 0 Å². The predicted octanol–water partition coefficient (Wildman–Crippen LogP) is 0.380. The van der Waals surface area contributed by atoms with Gasteiger partial charge >= 0.3 is 0 Å². The number of amides is 1. The third-order valence-electron chi connectivity index (χ3n) is 2.57. The van der Waals surface area contributed by atoms with E-state index >= 15 is 0 Å². The van der Waals surface area contributed by atoms with Crippen molar-refractivity contribution in [3.8, 4) is 0 Å². The van der Waals surface area contributed by atoms with Gasteiger partial charge in [0.2, 0.25) is 11.8 Å². The highest BCUT2D eigenvalue weighted by atomic mass is 35.5. The van der Waals surface area contributed by atoms with Crippen molar-refractivity contribution in [1.82, 2.24) is 4.84 Å². The zero-order chi connectivity index (χ0) is 11.6. The summed E-state index contributed by atoms with van der Waals surface area (Å²) >= 11 is 5.30. The Balaban J connectivity index is 2.39. The van der Waals surface area contributed by atoms with Gasteiger partial charge in [0.1, 0.15) is 6.10 Å². The Hall–Kier alpha value is -0.460. The van der Waals surface area contributed by atoms with Crippen LogP contribution in [0.4, 0.5) is 8.78 Å². The Morgan fingerprint density at radius 3 is 2.53 bits per heavy atom. The highest BCUT2D eigenvalue weighted by molar-refractivity contribution is 6.13. The number of nitrogens with one attached hydrogen (secondary N) is 1. The normalized spacial score (nSPS) is 24.3. The van der Waals surface area contributed by atoms with Gasteiger partial charge in [-0.3, -0.25) is 4.79 Å². The molecule has 0 bridgehead atoms. The number of halogens is 3. The molecule has 2 atom stereocenters. The molecule has 0 heterocycles. The number of primary amides is 1. The van der Waals surface area contributed by atoms with Crippen molar-refractivity contribution in [2.75, 3.05) is 0 Å². The van der Waals surface area contributed by atoms with Crippen molar-refractivity contribution >= 4 is 17.7 Å². The summed E-state index contributed by atoms with van der Waals surface area (Å²) in [4.78, 5) is 12.8. The molecular weight excluding hydrogens is 230 g/mol. The Labute approximate surface area is 90.9 Å². The third-order valence-corrected chi connectivity index (χ3v) is 2.85. The van der Waals surface area contributed by atoms with Gasteiger partial charge in [0.15, 0.2) is 0 Å². The zero-order valence-corrected chi connectivity index (χ0v) is 8.68. The summed E-state index contributed by atoms with van der Waals surface area (Å²) < 4.78 is 25.0. The van der Waals surface area contributed by atoms with Crippen molar-refractivity contribution in [2.45, 2.75) is 37.3 Å². The molecule has 4 nitrogen and oxygen atoms in total. The predicted molar refractivity (Wildman–Crippen MR) is 50.3 cm³/mol. The first-order valence-electron chi connectivity index (χ1n) is 4.57. The maximum Gasteiger partial charge on any atom is 0.248 e. The summed E-state index contributed by atoms with van der Waals surface area (Å²) in [5.41, 5.74) is 4.87. The molecule has 0 aromatic rings. The van der Waals surface area contributed by atoms with Gasteiger partial charge in [0, 0.05) is 12.8 Å². The van der Waals surface area contributed by atoms with Gasteiger partial charge < -0.3 is 10.8 Å². The van der Waals surface area contributed by atoms with E-state index in [4.69, 9.17) is 17.5 Å². The summed E-state index contributed by atoms with van der Waals surface area (Å²) in [6, 6.07) is -0.773.